The molecule has 2 rings (SSSR count). The van der Waals surface area contributed by atoms with E-state index >= 15 is 0 Å². The Bertz CT molecular complexity index is 345. The van der Waals surface area contributed by atoms with Gasteiger partial charge in [-0.25, -0.2) is 4.98 Å². The van der Waals surface area contributed by atoms with Gasteiger partial charge in [-0.15, -0.1) is 0 Å². The zero-order valence-corrected chi connectivity index (χ0v) is 12.1. The van der Waals surface area contributed by atoms with Crippen molar-refractivity contribution in [2.45, 2.75) is 64.6 Å². The van der Waals surface area contributed by atoms with Crippen LogP contribution in [-0.4, -0.2) is 28.8 Å². The summed E-state index contributed by atoms with van der Waals surface area (Å²) in [6.45, 7) is 5.87. The summed E-state index contributed by atoms with van der Waals surface area (Å²) < 4.78 is 8.17. The molecule has 0 spiro atoms. The monoisotopic (exact) mass is 265 g/mol. The van der Waals surface area contributed by atoms with Crippen molar-refractivity contribution in [3.05, 3.63) is 18.2 Å². The predicted octanol–water partition coefficient (Wildman–Crippen LogP) is 2.73. The van der Waals surface area contributed by atoms with E-state index in [-0.39, 0.29) is 0 Å². The van der Waals surface area contributed by atoms with Crippen molar-refractivity contribution in [1.29, 1.82) is 0 Å². The van der Waals surface area contributed by atoms with Crippen LogP contribution in [0.25, 0.3) is 0 Å². The molecular weight excluding hydrogens is 238 g/mol. The van der Waals surface area contributed by atoms with Gasteiger partial charge in [0.15, 0.2) is 0 Å². The Morgan fingerprint density at radius 3 is 3.00 bits per heavy atom. The van der Waals surface area contributed by atoms with Crippen molar-refractivity contribution in [2.24, 2.45) is 0 Å². The topological polar surface area (TPSA) is 39.1 Å². The van der Waals surface area contributed by atoms with Crippen LogP contribution in [0.5, 0.6) is 0 Å². The Morgan fingerprint density at radius 2 is 2.21 bits per heavy atom. The molecule has 1 fully saturated rings. The molecule has 1 aliphatic carbocycles. The van der Waals surface area contributed by atoms with E-state index in [2.05, 4.69) is 21.8 Å². The van der Waals surface area contributed by atoms with Crippen molar-refractivity contribution in [3.63, 3.8) is 0 Å². The quantitative estimate of drug-likeness (QED) is 0.735. The molecule has 4 heteroatoms. The second-order valence-corrected chi connectivity index (χ2v) is 5.39. The summed E-state index contributed by atoms with van der Waals surface area (Å²) in [7, 11) is 0. The minimum Gasteiger partial charge on any atom is -0.376 e. The maximum atomic E-state index is 5.97. The molecule has 0 unspecified atom stereocenters. The number of hydrogen-bond acceptors (Lipinski definition) is 3. The molecule has 0 aromatic carbocycles. The van der Waals surface area contributed by atoms with Crippen LogP contribution in [0.2, 0.25) is 0 Å². The van der Waals surface area contributed by atoms with Gasteiger partial charge >= 0.3 is 0 Å². The van der Waals surface area contributed by atoms with Crippen LogP contribution in [0.3, 0.4) is 0 Å². The number of nitrogens with zero attached hydrogens (tertiary/aromatic N) is 2. The first-order valence-electron chi connectivity index (χ1n) is 7.71. The van der Waals surface area contributed by atoms with Gasteiger partial charge in [0.05, 0.1) is 24.7 Å². The third kappa shape index (κ3) is 4.96. The van der Waals surface area contributed by atoms with Gasteiger partial charge in [-0.3, -0.25) is 0 Å². The van der Waals surface area contributed by atoms with E-state index in [0.717, 1.165) is 26.2 Å². The van der Waals surface area contributed by atoms with Crippen LogP contribution < -0.4 is 5.32 Å². The molecule has 0 saturated heterocycles. The lowest BCUT2D eigenvalue weighted by Crippen LogP contribution is -2.21. The molecule has 1 N–H and O–H groups in total. The van der Waals surface area contributed by atoms with E-state index in [9.17, 15) is 0 Å². The maximum absolute atomic E-state index is 5.97. The lowest BCUT2D eigenvalue weighted by Gasteiger charge is -2.22. The smallest absolute Gasteiger partial charge is 0.0949 e. The van der Waals surface area contributed by atoms with Crippen LogP contribution in [0.4, 0.5) is 0 Å². The van der Waals surface area contributed by atoms with Gasteiger partial charge in [0, 0.05) is 19.3 Å². The van der Waals surface area contributed by atoms with Crippen LogP contribution in [0.1, 0.15) is 51.1 Å². The summed E-state index contributed by atoms with van der Waals surface area (Å²) >= 11 is 0. The number of imidazole rings is 1. The first kappa shape index (κ1) is 14.5. The Kier molecular flexibility index (Phi) is 6.37. The molecule has 0 amide bonds. The van der Waals surface area contributed by atoms with Crippen molar-refractivity contribution in [2.75, 3.05) is 13.2 Å². The molecular formula is C15H27N3O. The normalized spacial score (nSPS) is 16.9. The number of aromatic nitrogens is 2. The maximum Gasteiger partial charge on any atom is 0.0949 e. The van der Waals surface area contributed by atoms with Crippen molar-refractivity contribution < 1.29 is 4.74 Å². The predicted molar refractivity (Wildman–Crippen MR) is 77.0 cm³/mol. The van der Waals surface area contributed by atoms with E-state index in [4.69, 9.17) is 4.74 Å². The largest absolute Gasteiger partial charge is 0.376 e. The lowest BCUT2D eigenvalue weighted by molar-refractivity contribution is 0.0238. The minimum atomic E-state index is 0.499. The zero-order chi connectivity index (χ0) is 13.3. The number of rotatable bonds is 8. The number of ether oxygens (including phenoxy) is 1. The third-order valence-corrected chi connectivity index (χ3v) is 3.77. The fourth-order valence-electron chi connectivity index (χ4n) is 2.64. The van der Waals surface area contributed by atoms with Crippen LogP contribution >= 0.6 is 0 Å². The molecule has 1 aromatic heterocycles. The Morgan fingerprint density at radius 1 is 1.37 bits per heavy atom. The van der Waals surface area contributed by atoms with Crippen LogP contribution in [0.15, 0.2) is 12.5 Å². The highest BCUT2D eigenvalue weighted by atomic mass is 16.5. The van der Waals surface area contributed by atoms with Gasteiger partial charge in [-0.1, -0.05) is 26.2 Å². The molecule has 0 atom stereocenters. The molecule has 0 aliphatic heterocycles. The number of nitrogens with one attached hydrogen (secondary N) is 1. The second kappa shape index (κ2) is 8.33. The fraction of sp³-hybridized carbons (Fsp3) is 0.800. The standard InChI is InChI=1S/C15H27N3O/c1-2-8-16-11-14-12-17-13-18(14)9-10-19-15-6-4-3-5-7-15/h12-13,15-16H,2-11H2,1H3. The van der Waals surface area contributed by atoms with Gasteiger partial charge in [0.25, 0.3) is 0 Å². The summed E-state index contributed by atoms with van der Waals surface area (Å²) in [5, 5.41) is 3.42. The molecule has 108 valence electrons. The average molecular weight is 265 g/mol. The molecule has 19 heavy (non-hydrogen) atoms. The molecule has 1 aliphatic rings. The van der Waals surface area contributed by atoms with Crippen LogP contribution in [0, 0.1) is 0 Å². The molecule has 4 nitrogen and oxygen atoms in total. The van der Waals surface area contributed by atoms with Gasteiger partial charge in [0.1, 0.15) is 0 Å². The Balaban J connectivity index is 1.68. The zero-order valence-electron chi connectivity index (χ0n) is 12.1. The van der Waals surface area contributed by atoms with Gasteiger partial charge in [0.2, 0.25) is 0 Å². The molecule has 0 radical (unpaired) electrons. The highest BCUT2D eigenvalue weighted by Crippen LogP contribution is 2.20. The number of hydrogen-bond donors (Lipinski definition) is 1. The van der Waals surface area contributed by atoms with Gasteiger partial charge < -0.3 is 14.6 Å². The lowest BCUT2D eigenvalue weighted by atomic mass is 9.98. The summed E-state index contributed by atoms with van der Waals surface area (Å²) in [5.41, 5.74) is 1.25. The Hall–Kier alpha value is -0.870. The van der Waals surface area contributed by atoms with Crippen molar-refractivity contribution in [1.82, 2.24) is 14.9 Å². The van der Waals surface area contributed by atoms with Crippen molar-refractivity contribution in [3.8, 4) is 0 Å². The van der Waals surface area contributed by atoms with E-state index in [1.807, 2.05) is 12.5 Å². The molecule has 0 bridgehead atoms. The Labute approximate surface area is 116 Å². The first-order valence-corrected chi connectivity index (χ1v) is 7.71. The SMILES string of the molecule is CCCNCc1cncn1CCOC1CCCCC1. The first-order chi connectivity index (χ1) is 9.40. The summed E-state index contributed by atoms with van der Waals surface area (Å²) in [6, 6.07) is 0. The molecule has 1 heterocycles. The second-order valence-electron chi connectivity index (χ2n) is 5.39. The van der Waals surface area contributed by atoms with E-state index in [0.29, 0.717) is 6.10 Å². The van der Waals surface area contributed by atoms with Gasteiger partial charge in [-0.2, -0.15) is 0 Å². The highest BCUT2D eigenvalue weighted by molar-refractivity contribution is 4.97. The summed E-state index contributed by atoms with van der Waals surface area (Å²) in [4.78, 5) is 4.23. The van der Waals surface area contributed by atoms with E-state index in [1.54, 1.807) is 0 Å². The van der Waals surface area contributed by atoms with E-state index in [1.165, 1.54) is 44.2 Å². The third-order valence-electron chi connectivity index (χ3n) is 3.77. The highest BCUT2D eigenvalue weighted by Gasteiger charge is 2.13. The molecule has 1 saturated carbocycles. The molecule has 1 aromatic rings. The average Bonchev–Trinajstić information content (AvgIpc) is 2.88. The van der Waals surface area contributed by atoms with Crippen LogP contribution in [-0.2, 0) is 17.8 Å². The van der Waals surface area contributed by atoms with Gasteiger partial charge in [-0.05, 0) is 25.8 Å². The minimum absolute atomic E-state index is 0.499. The fourth-order valence-corrected chi connectivity index (χ4v) is 2.64. The summed E-state index contributed by atoms with van der Waals surface area (Å²) in [6.07, 6.45) is 12.1. The van der Waals surface area contributed by atoms with Crippen molar-refractivity contribution >= 4 is 0 Å². The van der Waals surface area contributed by atoms with E-state index < -0.39 is 0 Å². The summed E-state index contributed by atoms with van der Waals surface area (Å²) in [5.74, 6) is 0.